The van der Waals surface area contributed by atoms with Crippen molar-refractivity contribution in [3.63, 3.8) is 0 Å². The van der Waals surface area contributed by atoms with Crippen LogP contribution in [0.15, 0.2) is 24.3 Å². The van der Waals surface area contributed by atoms with Gasteiger partial charge < -0.3 is 10.2 Å². The van der Waals surface area contributed by atoms with Gasteiger partial charge in [0.2, 0.25) is 0 Å². The summed E-state index contributed by atoms with van der Waals surface area (Å²) in [5.74, 6) is 0.807. The van der Waals surface area contributed by atoms with Crippen molar-refractivity contribution in [2.75, 3.05) is 0 Å². The van der Waals surface area contributed by atoms with Gasteiger partial charge in [-0.3, -0.25) is 0 Å². The molecule has 2 N–H and O–H groups in total. The van der Waals surface area contributed by atoms with E-state index in [2.05, 4.69) is 46.4 Å². The maximum absolute atomic E-state index is 10.9. The summed E-state index contributed by atoms with van der Waals surface area (Å²) in [5.41, 5.74) is 1.50. The lowest BCUT2D eigenvalue weighted by Crippen LogP contribution is -2.61. The lowest BCUT2D eigenvalue weighted by molar-refractivity contribution is -0.182. The normalized spacial score (nSPS) is 50.5. The molecule has 2 saturated carbocycles. The minimum Gasteiger partial charge on any atom is -0.392 e. The third-order valence-electron chi connectivity index (χ3n) is 7.59. The number of allylic oxidation sites excluding steroid dienone is 3. The van der Waals surface area contributed by atoms with Crippen molar-refractivity contribution >= 4 is 0 Å². The van der Waals surface area contributed by atoms with Crippen molar-refractivity contribution in [2.24, 2.45) is 28.1 Å². The fourth-order valence-electron chi connectivity index (χ4n) is 5.77. The molecule has 0 aromatic heterocycles. The van der Waals surface area contributed by atoms with Crippen LogP contribution in [-0.2, 0) is 0 Å². The van der Waals surface area contributed by atoms with Gasteiger partial charge in [-0.15, -0.1) is 6.58 Å². The molecule has 0 saturated heterocycles. The molecule has 2 fully saturated rings. The maximum atomic E-state index is 10.9. The Morgan fingerprint density at radius 1 is 1.18 bits per heavy atom. The molecule has 0 aromatic rings. The second-order valence-corrected chi connectivity index (χ2v) is 9.15. The van der Waals surface area contributed by atoms with Crippen molar-refractivity contribution in [3.8, 4) is 0 Å². The zero-order valence-electron chi connectivity index (χ0n) is 14.6. The van der Waals surface area contributed by atoms with E-state index in [1.165, 1.54) is 5.57 Å². The van der Waals surface area contributed by atoms with Gasteiger partial charge in [0.25, 0.3) is 0 Å². The van der Waals surface area contributed by atoms with Crippen LogP contribution in [-0.4, -0.2) is 22.4 Å². The molecule has 3 aliphatic carbocycles. The number of aliphatic hydroxyl groups excluding tert-OH is 2. The molecule has 0 radical (unpaired) electrons. The SMILES string of the molecule is C=C[C@@]1(C)CC[C@H]2C(=CC[C@H]3C(C)(C)[C@@H](O)C[C@@H](O)[C@]23C)C1. The van der Waals surface area contributed by atoms with E-state index < -0.39 is 12.2 Å². The van der Waals surface area contributed by atoms with E-state index in [-0.39, 0.29) is 16.2 Å². The van der Waals surface area contributed by atoms with Crippen LogP contribution in [0, 0.1) is 28.1 Å². The zero-order valence-corrected chi connectivity index (χ0v) is 14.6. The van der Waals surface area contributed by atoms with Crippen LogP contribution in [0.1, 0.15) is 59.8 Å². The fourth-order valence-corrected chi connectivity index (χ4v) is 5.77. The Hall–Kier alpha value is -0.600. The summed E-state index contributed by atoms with van der Waals surface area (Å²) in [5, 5.41) is 21.4. The van der Waals surface area contributed by atoms with Gasteiger partial charge in [-0.1, -0.05) is 45.4 Å². The summed E-state index contributed by atoms with van der Waals surface area (Å²) in [4.78, 5) is 0. The van der Waals surface area contributed by atoms with Crippen LogP contribution in [0.4, 0.5) is 0 Å². The molecule has 2 heteroatoms. The first-order chi connectivity index (χ1) is 10.1. The average molecular weight is 304 g/mol. The lowest BCUT2D eigenvalue weighted by Gasteiger charge is -2.62. The largest absolute Gasteiger partial charge is 0.392 e. The first-order valence-corrected chi connectivity index (χ1v) is 8.84. The number of aliphatic hydroxyl groups is 2. The van der Waals surface area contributed by atoms with E-state index >= 15 is 0 Å². The highest BCUT2D eigenvalue weighted by Crippen LogP contribution is 2.63. The molecule has 22 heavy (non-hydrogen) atoms. The first-order valence-electron chi connectivity index (χ1n) is 8.84. The van der Waals surface area contributed by atoms with Crippen molar-refractivity contribution in [1.82, 2.24) is 0 Å². The van der Waals surface area contributed by atoms with E-state index in [1.807, 2.05) is 0 Å². The molecule has 0 heterocycles. The predicted octanol–water partition coefficient (Wildman–Crippen LogP) is 4.08. The Morgan fingerprint density at radius 3 is 2.50 bits per heavy atom. The van der Waals surface area contributed by atoms with Gasteiger partial charge in [0.1, 0.15) is 0 Å². The van der Waals surface area contributed by atoms with Crippen molar-refractivity contribution in [1.29, 1.82) is 0 Å². The quantitative estimate of drug-likeness (QED) is 0.717. The van der Waals surface area contributed by atoms with Crippen molar-refractivity contribution in [3.05, 3.63) is 24.3 Å². The predicted molar refractivity (Wildman–Crippen MR) is 90.4 cm³/mol. The summed E-state index contributed by atoms with van der Waals surface area (Å²) in [6, 6.07) is 0. The van der Waals surface area contributed by atoms with Gasteiger partial charge in [0.15, 0.2) is 0 Å². The molecular formula is C20H32O2. The minimum atomic E-state index is -0.405. The van der Waals surface area contributed by atoms with E-state index in [9.17, 15) is 10.2 Å². The summed E-state index contributed by atoms with van der Waals surface area (Å²) >= 11 is 0. The Bertz CT molecular complexity index is 506. The molecule has 0 unspecified atom stereocenters. The van der Waals surface area contributed by atoms with Gasteiger partial charge in [0.05, 0.1) is 12.2 Å². The third-order valence-corrected chi connectivity index (χ3v) is 7.59. The van der Waals surface area contributed by atoms with E-state index in [1.54, 1.807) is 0 Å². The molecule has 0 aromatic carbocycles. The van der Waals surface area contributed by atoms with E-state index in [0.717, 1.165) is 25.7 Å². The van der Waals surface area contributed by atoms with Crippen LogP contribution in [0.5, 0.6) is 0 Å². The van der Waals surface area contributed by atoms with Crippen LogP contribution in [0.2, 0.25) is 0 Å². The summed E-state index contributed by atoms with van der Waals surface area (Å²) in [6.45, 7) is 13.0. The highest BCUT2D eigenvalue weighted by molar-refractivity contribution is 5.26. The van der Waals surface area contributed by atoms with Gasteiger partial charge in [0, 0.05) is 11.8 Å². The number of hydrogen-bond donors (Lipinski definition) is 2. The van der Waals surface area contributed by atoms with Gasteiger partial charge in [-0.05, 0) is 48.3 Å². The van der Waals surface area contributed by atoms with Gasteiger partial charge in [-0.2, -0.15) is 0 Å². The lowest BCUT2D eigenvalue weighted by atomic mass is 9.44. The van der Waals surface area contributed by atoms with Crippen LogP contribution in [0.3, 0.4) is 0 Å². The molecule has 3 aliphatic rings. The van der Waals surface area contributed by atoms with E-state index in [4.69, 9.17) is 0 Å². The fraction of sp³-hybridized carbons (Fsp3) is 0.800. The monoisotopic (exact) mass is 304 g/mol. The molecule has 6 atom stereocenters. The standard InChI is InChI=1S/C20H32O2/c1-6-19(4)10-9-14-13(12-19)7-8-15-18(2,3)16(21)11-17(22)20(14,15)5/h6-7,14-17,21-22H,1,8-12H2,2-5H3/t14-,15-,16-,17+,19-,20+/m0/s1. The van der Waals surface area contributed by atoms with Crippen LogP contribution in [0.25, 0.3) is 0 Å². The minimum absolute atomic E-state index is 0.102. The summed E-state index contributed by atoms with van der Waals surface area (Å²) in [6.07, 6.45) is 8.59. The first kappa shape index (κ1) is 16.3. The molecule has 0 amide bonds. The summed E-state index contributed by atoms with van der Waals surface area (Å²) in [7, 11) is 0. The van der Waals surface area contributed by atoms with E-state index in [0.29, 0.717) is 18.3 Å². The molecule has 0 spiro atoms. The second-order valence-electron chi connectivity index (χ2n) is 9.15. The molecule has 124 valence electrons. The maximum Gasteiger partial charge on any atom is 0.0627 e. The Labute approximate surface area is 135 Å². The molecule has 2 nitrogen and oxygen atoms in total. The Kier molecular flexibility index (Phi) is 3.66. The van der Waals surface area contributed by atoms with Gasteiger partial charge in [-0.25, -0.2) is 0 Å². The number of fused-ring (bicyclic) bond motifs is 3. The van der Waals surface area contributed by atoms with Crippen molar-refractivity contribution in [2.45, 2.75) is 72.0 Å². The summed E-state index contributed by atoms with van der Waals surface area (Å²) < 4.78 is 0. The molecule has 0 aliphatic heterocycles. The Balaban J connectivity index is 2.00. The molecule has 3 rings (SSSR count). The molecule has 0 bridgehead atoms. The van der Waals surface area contributed by atoms with Crippen LogP contribution < -0.4 is 0 Å². The third kappa shape index (κ3) is 2.06. The topological polar surface area (TPSA) is 40.5 Å². The Morgan fingerprint density at radius 2 is 1.86 bits per heavy atom. The average Bonchev–Trinajstić information content (AvgIpc) is 2.45. The number of rotatable bonds is 1. The highest BCUT2D eigenvalue weighted by atomic mass is 16.3. The smallest absolute Gasteiger partial charge is 0.0627 e. The zero-order chi connectivity index (χ0) is 16.3. The second kappa shape index (κ2) is 4.95. The molecular weight excluding hydrogens is 272 g/mol. The van der Waals surface area contributed by atoms with Gasteiger partial charge >= 0.3 is 0 Å². The van der Waals surface area contributed by atoms with Crippen molar-refractivity contribution < 1.29 is 10.2 Å². The highest BCUT2D eigenvalue weighted by Gasteiger charge is 2.60. The van der Waals surface area contributed by atoms with Crippen LogP contribution >= 0.6 is 0 Å². The number of hydrogen-bond acceptors (Lipinski definition) is 2.